The summed E-state index contributed by atoms with van der Waals surface area (Å²) >= 11 is 0. The van der Waals surface area contributed by atoms with Gasteiger partial charge in [-0.3, -0.25) is 0 Å². The first-order valence-corrected chi connectivity index (χ1v) is 8.99. The highest BCUT2D eigenvalue weighted by atomic mass is 16.5. The number of nitrogens with one attached hydrogen (secondary N) is 2. The van der Waals surface area contributed by atoms with Crippen LogP contribution in [-0.4, -0.2) is 39.4 Å². The molecule has 6 heteroatoms. The Bertz CT molecular complexity index is 745. The van der Waals surface area contributed by atoms with Gasteiger partial charge in [0, 0.05) is 0 Å². The lowest BCUT2D eigenvalue weighted by Crippen LogP contribution is -2.39. The van der Waals surface area contributed by atoms with Crippen LogP contribution in [0, 0.1) is 20.8 Å². The predicted molar refractivity (Wildman–Crippen MR) is 106 cm³/mol. The van der Waals surface area contributed by atoms with Gasteiger partial charge in [0.2, 0.25) is 0 Å². The molecule has 0 spiro atoms. The Hall–Kier alpha value is -2.89. The number of aryl methyl sites for hydroxylation is 2. The second kappa shape index (κ2) is 10.3. The van der Waals surface area contributed by atoms with E-state index in [4.69, 9.17) is 14.2 Å². The van der Waals surface area contributed by atoms with Crippen LogP contribution in [0.4, 0.5) is 4.79 Å². The number of benzene rings is 2. The largest absolute Gasteiger partial charge is 0.497 e. The van der Waals surface area contributed by atoms with Crippen molar-refractivity contribution in [2.45, 2.75) is 20.8 Å². The van der Waals surface area contributed by atoms with Crippen LogP contribution in [0.5, 0.6) is 17.2 Å². The van der Waals surface area contributed by atoms with Crippen molar-refractivity contribution in [1.29, 1.82) is 0 Å². The molecule has 0 saturated carbocycles. The average molecular weight is 372 g/mol. The van der Waals surface area contributed by atoms with Gasteiger partial charge in [0.25, 0.3) is 0 Å². The Morgan fingerprint density at radius 3 is 2.00 bits per heavy atom. The van der Waals surface area contributed by atoms with Gasteiger partial charge in [-0.05, 0) is 61.7 Å². The number of hydrogen-bond acceptors (Lipinski definition) is 4. The van der Waals surface area contributed by atoms with Crippen molar-refractivity contribution < 1.29 is 19.0 Å². The van der Waals surface area contributed by atoms with Gasteiger partial charge in [-0.25, -0.2) is 4.79 Å². The molecule has 6 nitrogen and oxygen atoms in total. The summed E-state index contributed by atoms with van der Waals surface area (Å²) in [7, 11) is 1.62. The average Bonchev–Trinajstić information content (AvgIpc) is 2.68. The molecule has 27 heavy (non-hydrogen) atoms. The van der Waals surface area contributed by atoms with Gasteiger partial charge >= 0.3 is 6.03 Å². The van der Waals surface area contributed by atoms with Gasteiger partial charge in [0.1, 0.15) is 30.5 Å². The van der Waals surface area contributed by atoms with E-state index in [2.05, 4.69) is 23.6 Å². The fraction of sp³-hybridized carbons (Fsp3) is 0.381. The van der Waals surface area contributed by atoms with Gasteiger partial charge in [-0.15, -0.1) is 0 Å². The first-order chi connectivity index (χ1) is 13.0. The fourth-order valence-corrected chi connectivity index (χ4v) is 2.53. The molecule has 0 fully saturated rings. The highest BCUT2D eigenvalue weighted by molar-refractivity contribution is 5.73. The summed E-state index contributed by atoms with van der Waals surface area (Å²) in [5.74, 6) is 2.40. The predicted octanol–water partition coefficient (Wildman–Crippen LogP) is 3.38. The second-order valence-electron chi connectivity index (χ2n) is 6.21. The summed E-state index contributed by atoms with van der Waals surface area (Å²) in [6.07, 6.45) is 0. The number of ether oxygens (including phenoxy) is 3. The first kappa shape index (κ1) is 20.4. The molecular formula is C21H28N2O4. The summed E-state index contributed by atoms with van der Waals surface area (Å²) in [4.78, 5) is 11.8. The van der Waals surface area contributed by atoms with E-state index in [9.17, 15) is 4.79 Å². The monoisotopic (exact) mass is 372 g/mol. The Morgan fingerprint density at radius 1 is 0.815 bits per heavy atom. The highest BCUT2D eigenvalue weighted by Gasteiger charge is 2.06. The molecule has 0 aliphatic rings. The highest BCUT2D eigenvalue weighted by Crippen LogP contribution is 2.25. The molecule has 0 aliphatic carbocycles. The van der Waals surface area contributed by atoms with E-state index in [1.165, 1.54) is 5.56 Å². The maximum absolute atomic E-state index is 11.8. The molecule has 2 aromatic carbocycles. The molecule has 0 aromatic heterocycles. The maximum atomic E-state index is 11.8. The lowest BCUT2D eigenvalue weighted by Gasteiger charge is -2.14. The van der Waals surface area contributed by atoms with Gasteiger partial charge < -0.3 is 24.8 Å². The molecule has 0 aliphatic heterocycles. The van der Waals surface area contributed by atoms with Crippen LogP contribution in [0.15, 0.2) is 36.4 Å². The third kappa shape index (κ3) is 6.40. The molecule has 2 N–H and O–H groups in total. The molecule has 0 heterocycles. The van der Waals surface area contributed by atoms with Crippen LogP contribution in [-0.2, 0) is 0 Å². The van der Waals surface area contributed by atoms with Crippen molar-refractivity contribution in [1.82, 2.24) is 10.6 Å². The quantitative estimate of drug-likeness (QED) is 0.662. The normalized spacial score (nSPS) is 10.2. The molecule has 0 unspecified atom stereocenters. The van der Waals surface area contributed by atoms with E-state index in [1.54, 1.807) is 7.11 Å². The third-order valence-corrected chi connectivity index (χ3v) is 4.22. The van der Waals surface area contributed by atoms with Crippen molar-refractivity contribution in [2.75, 3.05) is 33.4 Å². The zero-order chi connectivity index (χ0) is 19.6. The number of urea groups is 1. The van der Waals surface area contributed by atoms with E-state index in [0.29, 0.717) is 26.3 Å². The molecule has 0 saturated heterocycles. The Labute approximate surface area is 160 Å². The van der Waals surface area contributed by atoms with Crippen LogP contribution in [0.3, 0.4) is 0 Å². The van der Waals surface area contributed by atoms with Crippen LogP contribution < -0.4 is 24.8 Å². The fourth-order valence-electron chi connectivity index (χ4n) is 2.53. The van der Waals surface area contributed by atoms with Crippen molar-refractivity contribution in [3.05, 3.63) is 53.1 Å². The lowest BCUT2D eigenvalue weighted by atomic mass is 10.1. The topological polar surface area (TPSA) is 68.8 Å². The Kier molecular flexibility index (Phi) is 7.79. The number of rotatable bonds is 9. The molecule has 0 bridgehead atoms. The maximum Gasteiger partial charge on any atom is 0.315 e. The standard InChI is InChI=1S/C21H28N2O4/c1-15-5-6-16(2)20(17(15)3)27-14-12-23-21(24)22-11-13-26-19-9-7-18(25-4)8-10-19/h5-10H,11-14H2,1-4H3,(H2,22,23,24). The Balaban J connectivity index is 1.60. The summed E-state index contributed by atoms with van der Waals surface area (Å²) in [6.45, 7) is 7.76. The van der Waals surface area contributed by atoms with Gasteiger partial charge in [0.05, 0.1) is 20.2 Å². The number of amides is 2. The smallest absolute Gasteiger partial charge is 0.315 e. The molecule has 2 rings (SSSR count). The van der Waals surface area contributed by atoms with E-state index in [1.807, 2.05) is 44.2 Å². The summed E-state index contributed by atoms with van der Waals surface area (Å²) in [6, 6.07) is 11.2. The molecule has 0 radical (unpaired) electrons. The number of methoxy groups -OCH3 is 1. The second-order valence-corrected chi connectivity index (χ2v) is 6.21. The van der Waals surface area contributed by atoms with Crippen molar-refractivity contribution in [3.63, 3.8) is 0 Å². The zero-order valence-corrected chi connectivity index (χ0v) is 16.4. The van der Waals surface area contributed by atoms with Gasteiger partial charge in [-0.2, -0.15) is 0 Å². The van der Waals surface area contributed by atoms with Crippen molar-refractivity contribution in [3.8, 4) is 17.2 Å². The van der Waals surface area contributed by atoms with Crippen molar-refractivity contribution >= 4 is 6.03 Å². The minimum Gasteiger partial charge on any atom is -0.497 e. The van der Waals surface area contributed by atoms with Crippen LogP contribution in [0.1, 0.15) is 16.7 Å². The number of carbonyl (C=O) groups is 1. The summed E-state index contributed by atoms with van der Waals surface area (Å²) in [5.41, 5.74) is 3.42. The van der Waals surface area contributed by atoms with Crippen LogP contribution in [0.2, 0.25) is 0 Å². The molecular weight excluding hydrogens is 344 g/mol. The first-order valence-electron chi connectivity index (χ1n) is 8.99. The summed E-state index contributed by atoms with van der Waals surface area (Å²) in [5, 5.41) is 5.52. The van der Waals surface area contributed by atoms with Crippen molar-refractivity contribution in [2.24, 2.45) is 0 Å². The number of carbonyl (C=O) groups excluding carboxylic acids is 1. The third-order valence-electron chi connectivity index (χ3n) is 4.22. The SMILES string of the molecule is COc1ccc(OCCNC(=O)NCCOc2c(C)ccc(C)c2C)cc1. The van der Waals surface area contributed by atoms with E-state index < -0.39 is 0 Å². The minimum atomic E-state index is -0.241. The van der Waals surface area contributed by atoms with E-state index >= 15 is 0 Å². The molecule has 2 amide bonds. The molecule has 146 valence electrons. The molecule has 0 atom stereocenters. The molecule has 2 aromatic rings. The summed E-state index contributed by atoms with van der Waals surface area (Å²) < 4.78 is 16.5. The minimum absolute atomic E-state index is 0.241. The van der Waals surface area contributed by atoms with Gasteiger partial charge in [-0.1, -0.05) is 12.1 Å². The lowest BCUT2D eigenvalue weighted by molar-refractivity contribution is 0.232. The van der Waals surface area contributed by atoms with E-state index in [0.717, 1.165) is 28.4 Å². The van der Waals surface area contributed by atoms with Gasteiger partial charge in [0.15, 0.2) is 0 Å². The van der Waals surface area contributed by atoms with Crippen LogP contribution >= 0.6 is 0 Å². The van der Waals surface area contributed by atoms with Crippen LogP contribution in [0.25, 0.3) is 0 Å². The Morgan fingerprint density at radius 2 is 1.37 bits per heavy atom. The number of hydrogen-bond donors (Lipinski definition) is 2. The van der Waals surface area contributed by atoms with E-state index in [-0.39, 0.29) is 6.03 Å². The zero-order valence-electron chi connectivity index (χ0n) is 16.4.